The number of carbonyl (C=O) groups is 3. The fourth-order valence-electron chi connectivity index (χ4n) is 5.28. The number of hydrogen-bond acceptors (Lipinski definition) is 5. The zero-order valence-corrected chi connectivity index (χ0v) is 22.0. The number of likely N-dealkylation sites (tertiary alicyclic amines) is 1. The van der Waals surface area contributed by atoms with Gasteiger partial charge in [-0.2, -0.15) is 0 Å². The van der Waals surface area contributed by atoms with E-state index in [2.05, 4.69) is 11.1 Å². The molecule has 5 rings (SSSR count). The Bertz CT molecular complexity index is 1400. The fourth-order valence-corrected chi connectivity index (χ4v) is 5.73. The molecule has 1 aromatic heterocycles. The third kappa shape index (κ3) is 4.36. The lowest BCUT2D eigenvalue weighted by Gasteiger charge is -2.40. The van der Waals surface area contributed by atoms with E-state index in [-0.39, 0.29) is 22.9 Å². The van der Waals surface area contributed by atoms with E-state index in [1.54, 1.807) is 30.0 Å². The van der Waals surface area contributed by atoms with Crippen molar-refractivity contribution in [3.8, 4) is 0 Å². The molecule has 2 aliphatic heterocycles. The number of hydrogen-bond donors (Lipinski definition) is 0. The van der Waals surface area contributed by atoms with Crippen molar-refractivity contribution in [1.82, 2.24) is 9.88 Å². The quantitative estimate of drug-likeness (QED) is 0.422. The number of benzene rings is 2. The van der Waals surface area contributed by atoms with Crippen LogP contribution in [0.5, 0.6) is 0 Å². The summed E-state index contributed by atoms with van der Waals surface area (Å²) in [5.41, 5.74) is 3.38. The third-order valence-corrected chi connectivity index (χ3v) is 8.33. The number of pyridine rings is 1. The highest BCUT2D eigenvalue weighted by Gasteiger charge is 2.47. The van der Waals surface area contributed by atoms with Crippen LogP contribution in [0.25, 0.3) is 0 Å². The van der Waals surface area contributed by atoms with Gasteiger partial charge in [-0.05, 0) is 61.2 Å². The Morgan fingerprint density at radius 2 is 1.70 bits per heavy atom. The first-order chi connectivity index (χ1) is 17.8. The van der Waals surface area contributed by atoms with Crippen LogP contribution in [0.3, 0.4) is 0 Å². The molecule has 0 unspecified atom stereocenters. The lowest BCUT2D eigenvalue weighted by molar-refractivity contribution is 0.0593. The van der Waals surface area contributed by atoms with Crippen molar-refractivity contribution < 1.29 is 19.1 Å². The average Bonchev–Trinajstić information content (AvgIpc) is 3.25. The van der Waals surface area contributed by atoms with Crippen molar-refractivity contribution in [2.75, 3.05) is 31.6 Å². The van der Waals surface area contributed by atoms with Gasteiger partial charge in [-0.25, -0.2) is 9.78 Å². The van der Waals surface area contributed by atoms with Gasteiger partial charge in [-0.1, -0.05) is 41.4 Å². The molecular formula is C28H25Cl2N3O4. The molecule has 1 fully saturated rings. The summed E-state index contributed by atoms with van der Waals surface area (Å²) < 4.78 is 4.69. The number of rotatable bonds is 3. The highest BCUT2D eigenvalue weighted by molar-refractivity contribution is 6.38. The van der Waals surface area contributed by atoms with Crippen LogP contribution >= 0.6 is 23.2 Å². The molecular weight excluding hydrogens is 513 g/mol. The summed E-state index contributed by atoms with van der Waals surface area (Å²) in [6.07, 6.45) is 2.83. The Kier molecular flexibility index (Phi) is 6.68. The van der Waals surface area contributed by atoms with Gasteiger partial charge in [0.1, 0.15) is 5.69 Å². The number of piperidine rings is 1. The molecule has 0 bridgehead atoms. The predicted molar refractivity (Wildman–Crippen MR) is 142 cm³/mol. The first-order valence-electron chi connectivity index (χ1n) is 12.0. The minimum atomic E-state index is -0.555. The number of aromatic nitrogens is 1. The molecule has 0 N–H and O–H groups in total. The number of para-hydroxylation sites is 1. The summed E-state index contributed by atoms with van der Waals surface area (Å²) in [7, 11) is 1.29. The first-order valence-corrected chi connectivity index (χ1v) is 12.7. The topological polar surface area (TPSA) is 79.8 Å². The number of nitrogens with zero attached hydrogens (tertiary/aromatic N) is 3. The molecule has 7 nitrogen and oxygen atoms in total. The van der Waals surface area contributed by atoms with Crippen molar-refractivity contribution in [1.29, 1.82) is 0 Å². The monoisotopic (exact) mass is 537 g/mol. The molecule has 0 aliphatic carbocycles. The Morgan fingerprint density at radius 1 is 0.973 bits per heavy atom. The van der Waals surface area contributed by atoms with Crippen LogP contribution in [0, 0.1) is 6.92 Å². The molecule has 0 radical (unpaired) electrons. The van der Waals surface area contributed by atoms with Gasteiger partial charge < -0.3 is 14.5 Å². The molecule has 9 heteroatoms. The smallest absolute Gasteiger partial charge is 0.356 e. The SMILES string of the molecule is COC(=O)c1ccc(C(=O)N2CC3(CCN(C(=O)c4ccc(Cl)c(C)c4Cl)CC3)c3ccccc32)cn1. The number of amides is 2. The molecule has 1 spiro atoms. The molecule has 2 aromatic carbocycles. The largest absolute Gasteiger partial charge is 0.464 e. The fraction of sp³-hybridized carbons (Fsp3) is 0.286. The highest BCUT2D eigenvalue weighted by atomic mass is 35.5. The molecule has 3 aromatic rings. The van der Waals surface area contributed by atoms with Gasteiger partial charge in [0, 0.05) is 42.0 Å². The number of carbonyl (C=O) groups excluding carboxylic acids is 3. The Balaban J connectivity index is 1.36. The van der Waals surface area contributed by atoms with Crippen LogP contribution in [-0.2, 0) is 10.2 Å². The van der Waals surface area contributed by atoms with Crippen LogP contribution in [-0.4, -0.2) is 54.4 Å². The maximum atomic E-state index is 13.5. The standard InChI is InChI=1S/C28H25Cl2N3O4/c1-17-21(29)9-8-19(24(17)30)26(35)32-13-11-28(12-14-32)16-33(23-6-4-3-5-20(23)28)25(34)18-7-10-22(31-15-18)27(36)37-2/h3-10,15H,11-14,16H2,1-2H3. The number of halogens is 2. The second-order valence-corrected chi connectivity index (χ2v) is 10.2. The number of ether oxygens (including phenoxy) is 1. The second kappa shape index (κ2) is 9.80. The first kappa shape index (κ1) is 25.2. The van der Waals surface area contributed by atoms with E-state index in [0.717, 1.165) is 11.3 Å². The Hall–Kier alpha value is -3.42. The number of methoxy groups -OCH3 is 1. The van der Waals surface area contributed by atoms with E-state index in [1.165, 1.54) is 19.4 Å². The van der Waals surface area contributed by atoms with E-state index in [0.29, 0.717) is 59.2 Å². The van der Waals surface area contributed by atoms with Crippen LogP contribution in [0.4, 0.5) is 5.69 Å². The van der Waals surface area contributed by atoms with Gasteiger partial charge in [0.25, 0.3) is 11.8 Å². The number of anilines is 1. The van der Waals surface area contributed by atoms with Crippen molar-refractivity contribution in [3.05, 3.63) is 92.7 Å². The van der Waals surface area contributed by atoms with Gasteiger partial charge >= 0.3 is 5.97 Å². The van der Waals surface area contributed by atoms with Crippen molar-refractivity contribution >= 4 is 46.7 Å². The second-order valence-electron chi connectivity index (χ2n) is 9.44. The van der Waals surface area contributed by atoms with Crippen LogP contribution in [0.2, 0.25) is 10.0 Å². The van der Waals surface area contributed by atoms with Crippen LogP contribution < -0.4 is 4.90 Å². The molecule has 1 saturated heterocycles. The van der Waals surface area contributed by atoms with Gasteiger partial charge in [0.05, 0.1) is 23.3 Å². The lowest BCUT2D eigenvalue weighted by Crippen LogP contribution is -2.48. The molecule has 3 heterocycles. The predicted octanol–water partition coefficient (Wildman–Crippen LogP) is 5.32. The summed E-state index contributed by atoms with van der Waals surface area (Å²) in [5.74, 6) is -0.855. The number of esters is 1. The average molecular weight is 538 g/mol. The maximum Gasteiger partial charge on any atom is 0.356 e. The highest BCUT2D eigenvalue weighted by Crippen LogP contribution is 2.47. The molecule has 0 atom stereocenters. The van der Waals surface area contributed by atoms with E-state index in [9.17, 15) is 14.4 Å². The van der Waals surface area contributed by atoms with E-state index in [1.807, 2.05) is 23.1 Å². The summed E-state index contributed by atoms with van der Waals surface area (Å²) in [4.78, 5) is 46.2. The van der Waals surface area contributed by atoms with Gasteiger partial charge in [-0.3, -0.25) is 9.59 Å². The molecule has 0 saturated carbocycles. The summed E-state index contributed by atoms with van der Waals surface area (Å²) in [6, 6.07) is 14.4. The van der Waals surface area contributed by atoms with E-state index >= 15 is 0 Å². The molecule has 190 valence electrons. The van der Waals surface area contributed by atoms with E-state index in [4.69, 9.17) is 27.9 Å². The van der Waals surface area contributed by atoms with Crippen molar-refractivity contribution in [2.24, 2.45) is 0 Å². The lowest BCUT2D eigenvalue weighted by atomic mass is 9.74. The summed E-state index contributed by atoms with van der Waals surface area (Å²) in [5, 5.41) is 0.911. The minimum absolute atomic E-state index is 0.115. The van der Waals surface area contributed by atoms with E-state index < -0.39 is 5.97 Å². The molecule has 2 amide bonds. The van der Waals surface area contributed by atoms with Gasteiger partial charge in [0.2, 0.25) is 0 Å². The normalized spacial score (nSPS) is 16.0. The van der Waals surface area contributed by atoms with Gasteiger partial charge in [-0.15, -0.1) is 0 Å². The molecule has 37 heavy (non-hydrogen) atoms. The van der Waals surface area contributed by atoms with Gasteiger partial charge in [0.15, 0.2) is 0 Å². The zero-order chi connectivity index (χ0) is 26.3. The summed E-state index contributed by atoms with van der Waals surface area (Å²) >= 11 is 12.6. The number of fused-ring (bicyclic) bond motifs is 2. The Morgan fingerprint density at radius 3 is 2.38 bits per heavy atom. The van der Waals surface area contributed by atoms with Crippen molar-refractivity contribution in [2.45, 2.75) is 25.2 Å². The summed E-state index contributed by atoms with van der Waals surface area (Å²) in [6.45, 7) is 3.39. The minimum Gasteiger partial charge on any atom is -0.464 e. The Labute approximate surface area is 224 Å². The van der Waals surface area contributed by atoms with Crippen LogP contribution in [0.1, 0.15) is 55.2 Å². The maximum absolute atomic E-state index is 13.5. The van der Waals surface area contributed by atoms with Crippen LogP contribution in [0.15, 0.2) is 54.7 Å². The zero-order valence-electron chi connectivity index (χ0n) is 20.5. The van der Waals surface area contributed by atoms with Crippen molar-refractivity contribution in [3.63, 3.8) is 0 Å². The third-order valence-electron chi connectivity index (χ3n) is 7.44. The molecule has 2 aliphatic rings.